The summed E-state index contributed by atoms with van der Waals surface area (Å²) in [5.41, 5.74) is 8.35. The molecule has 0 aliphatic rings. The third kappa shape index (κ3) is 3.62. The smallest absolute Gasteiger partial charge is 0.0329 e. The van der Waals surface area contributed by atoms with Gasteiger partial charge in [0.2, 0.25) is 0 Å². The molecule has 1 atom stereocenters. The number of nitrogens with two attached hydrogens (primary N) is 1. The van der Waals surface area contributed by atoms with Crippen LogP contribution in [0.5, 0.6) is 0 Å². The Morgan fingerprint density at radius 3 is 2.77 bits per heavy atom. The van der Waals surface area contributed by atoms with Gasteiger partial charge < -0.3 is 5.73 Å². The van der Waals surface area contributed by atoms with Gasteiger partial charge in [-0.25, -0.2) is 0 Å². The molecule has 72 valence electrons. The van der Waals surface area contributed by atoms with Gasteiger partial charge in [-0.05, 0) is 18.9 Å². The van der Waals surface area contributed by atoms with Crippen molar-refractivity contribution >= 4 is 12.4 Å². The monoisotopic (exact) mass is 197 g/mol. The van der Waals surface area contributed by atoms with Gasteiger partial charge in [0.1, 0.15) is 0 Å². The van der Waals surface area contributed by atoms with E-state index in [1.54, 1.807) is 0 Å². The molecule has 0 heterocycles. The lowest BCUT2D eigenvalue weighted by Gasteiger charge is -2.09. The average molecular weight is 198 g/mol. The topological polar surface area (TPSA) is 26.0 Å². The molecule has 0 radical (unpaired) electrons. The van der Waals surface area contributed by atoms with Crippen LogP contribution in [0.4, 0.5) is 0 Å². The fourth-order valence-corrected chi connectivity index (χ4v) is 1.22. The first-order valence-corrected chi connectivity index (χ1v) is 4.17. The molecule has 0 saturated carbocycles. The first-order valence-electron chi connectivity index (χ1n) is 4.17. The third-order valence-corrected chi connectivity index (χ3v) is 1.89. The van der Waals surface area contributed by atoms with Gasteiger partial charge in [0.15, 0.2) is 0 Å². The molecule has 0 amide bonds. The van der Waals surface area contributed by atoms with Crippen molar-refractivity contribution in [1.29, 1.82) is 0 Å². The summed E-state index contributed by atoms with van der Waals surface area (Å²) in [7, 11) is 0. The fourth-order valence-electron chi connectivity index (χ4n) is 1.22. The SMILES string of the molecule is C=CC[C@@H](N)c1cccc(C)c1.Cl. The number of halogens is 1. The van der Waals surface area contributed by atoms with Crippen molar-refractivity contribution in [3.63, 3.8) is 0 Å². The van der Waals surface area contributed by atoms with Crippen molar-refractivity contribution in [3.05, 3.63) is 48.0 Å². The molecule has 0 bridgehead atoms. The summed E-state index contributed by atoms with van der Waals surface area (Å²) < 4.78 is 0. The van der Waals surface area contributed by atoms with Gasteiger partial charge in [-0.2, -0.15) is 0 Å². The summed E-state index contributed by atoms with van der Waals surface area (Å²) in [6.07, 6.45) is 2.69. The minimum absolute atomic E-state index is 0. The summed E-state index contributed by atoms with van der Waals surface area (Å²) in [4.78, 5) is 0. The highest BCUT2D eigenvalue weighted by Crippen LogP contribution is 2.14. The zero-order valence-electron chi connectivity index (χ0n) is 7.86. The highest BCUT2D eigenvalue weighted by Gasteiger charge is 2.02. The van der Waals surface area contributed by atoms with Crippen LogP contribution in [0.2, 0.25) is 0 Å². The largest absolute Gasteiger partial charge is 0.324 e. The van der Waals surface area contributed by atoms with Crippen molar-refractivity contribution in [2.75, 3.05) is 0 Å². The molecule has 2 N–H and O–H groups in total. The normalized spacial score (nSPS) is 11.5. The van der Waals surface area contributed by atoms with E-state index in [4.69, 9.17) is 5.73 Å². The molecule has 0 fully saturated rings. The number of hydrogen-bond donors (Lipinski definition) is 1. The first kappa shape index (κ1) is 12.2. The van der Waals surface area contributed by atoms with E-state index >= 15 is 0 Å². The quantitative estimate of drug-likeness (QED) is 0.741. The Bertz CT molecular complexity index is 271. The molecule has 0 unspecified atom stereocenters. The second kappa shape index (κ2) is 5.79. The van der Waals surface area contributed by atoms with Crippen LogP contribution in [-0.4, -0.2) is 0 Å². The Hall–Kier alpha value is -0.790. The van der Waals surface area contributed by atoms with Crippen molar-refractivity contribution in [3.8, 4) is 0 Å². The maximum atomic E-state index is 5.90. The van der Waals surface area contributed by atoms with Crippen LogP contribution in [0.1, 0.15) is 23.6 Å². The molecule has 0 aliphatic heterocycles. The Balaban J connectivity index is 0.00000144. The van der Waals surface area contributed by atoms with Crippen molar-refractivity contribution < 1.29 is 0 Å². The number of rotatable bonds is 3. The van der Waals surface area contributed by atoms with Gasteiger partial charge >= 0.3 is 0 Å². The third-order valence-electron chi connectivity index (χ3n) is 1.89. The molecule has 13 heavy (non-hydrogen) atoms. The minimum atomic E-state index is 0. The molecule has 1 nitrogen and oxygen atoms in total. The predicted octanol–water partition coefficient (Wildman–Crippen LogP) is 2.99. The fraction of sp³-hybridized carbons (Fsp3) is 0.273. The van der Waals surface area contributed by atoms with Crippen LogP contribution in [0.25, 0.3) is 0 Å². The lowest BCUT2D eigenvalue weighted by molar-refractivity contribution is 0.741. The van der Waals surface area contributed by atoms with E-state index in [0.29, 0.717) is 0 Å². The average Bonchev–Trinajstić information content (AvgIpc) is 2.05. The van der Waals surface area contributed by atoms with E-state index in [1.807, 2.05) is 12.1 Å². The summed E-state index contributed by atoms with van der Waals surface area (Å²) >= 11 is 0. The van der Waals surface area contributed by atoms with E-state index in [-0.39, 0.29) is 18.4 Å². The summed E-state index contributed by atoms with van der Waals surface area (Å²) in [5, 5.41) is 0. The van der Waals surface area contributed by atoms with Gasteiger partial charge in [-0.3, -0.25) is 0 Å². The van der Waals surface area contributed by atoms with E-state index < -0.39 is 0 Å². The molecule has 2 heteroatoms. The van der Waals surface area contributed by atoms with Crippen LogP contribution in [0.15, 0.2) is 36.9 Å². The van der Waals surface area contributed by atoms with Crippen LogP contribution in [-0.2, 0) is 0 Å². The number of hydrogen-bond acceptors (Lipinski definition) is 1. The zero-order valence-corrected chi connectivity index (χ0v) is 8.68. The van der Waals surface area contributed by atoms with Gasteiger partial charge in [-0.15, -0.1) is 19.0 Å². The second-order valence-electron chi connectivity index (χ2n) is 3.05. The van der Waals surface area contributed by atoms with Crippen molar-refractivity contribution in [2.24, 2.45) is 5.73 Å². The molecule has 1 rings (SSSR count). The predicted molar refractivity (Wildman–Crippen MR) is 60.2 cm³/mol. The Labute approximate surface area is 86.1 Å². The standard InChI is InChI=1S/C11H15N.ClH/c1-3-5-11(12)10-7-4-6-9(2)8-10;/h3-4,6-8,11H,1,5,12H2,2H3;1H/t11-;/m1./s1. The first-order chi connectivity index (χ1) is 5.74. The van der Waals surface area contributed by atoms with Crippen LogP contribution >= 0.6 is 12.4 Å². The highest BCUT2D eigenvalue weighted by molar-refractivity contribution is 5.85. The summed E-state index contributed by atoms with van der Waals surface area (Å²) in [6, 6.07) is 8.38. The van der Waals surface area contributed by atoms with E-state index in [9.17, 15) is 0 Å². The molecular weight excluding hydrogens is 182 g/mol. The number of aryl methyl sites for hydroxylation is 1. The maximum absolute atomic E-state index is 5.90. The maximum Gasteiger partial charge on any atom is 0.0329 e. The molecule has 0 aromatic heterocycles. The molecule has 0 spiro atoms. The van der Waals surface area contributed by atoms with Crippen molar-refractivity contribution in [2.45, 2.75) is 19.4 Å². The molecular formula is C11H16ClN. The van der Waals surface area contributed by atoms with Crippen molar-refractivity contribution in [1.82, 2.24) is 0 Å². The Kier molecular flexibility index (Phi) is 5.44. The van der Waals surface area contributed by atoms with Gasteiger partial charge in [0, 0.05) is 6.04 Å². The number of benzene rings is 1. The summed E-state index contributed by atoms with van der Waals surface area (Å²) in [5.74, 6) is 0. The van der Waals surface area contributed by atoms with Gasteiger partial charge in [0.05, 0.1) is 0 Å². The molecule has 0 aliphatic carbocycles. The van der Waals surface area contributed by atoms with Gasteiger partial charge in [-0.1, -0.05) is 35.9 Å². The molecule has 0 saturated heterocycles. The Morgan fingerprint density at radius 1 is 1.54 bits per heavy atom. The van der Waals surface area contributed by atoms with Gasteiger partial charge in [0.25, 0.3) is 0 Å². The molecule has 1 aromatic rings. The summed E-state index contributed by atoms with van der Waals surface area (Å²) in [6.45, 7) is 5.74. The van der Waals surface area contributed by atoms with Crippen LogP contribution in [0, 0.1) is 6.92 Å². The van der Waals surface area contributed by atoms with Crippen LogP contribution in [0.3, 0.4) is 0 Å². The zero-order chi connectivity index (χ0) is 8.97. The lowest BCUT2D eigenvalue weighted by atomic mass is 10.0. The van der Waals surface area contributed by atoms with E-state index in [0.717, 1.165) is 6.42 Å². The van der Waals surface area contributed by atoms with E-state index in [2.05, 4.69) is 31.7 Å². The minimum Gasteiger partial charge on any atom is -0.324 e. The van der Waals surface area contributed by atoms with Crippen LogP contribution < -0.4 is 5.73 Å². The second-order valence-corrected chi connectivity index (χ2v) is 3.05. The lowest BCUT2D eigenvalue weighted by Crippen LogP contribution is -2.08. The highest BCUT2D eigenvalue weighted by atomic mass is 35.5. The Morgan fingerprint density at radius 2 is 2.23 bits per heavy atom. The van der Waals surface area contributed by atoms with E-state index in [1.165, 1.54) is 11.1 Å². The molecule has 1 aromatic carbocycles.